The molecule has 2 N–H and O–H groups in total. The zero-order chi connectivity index (χ0) is 42.5. The van der Waals surface area contributed by atoms with Gasteiger partial charge in [0.25, 0.3) is 17.5 Å². The summed E-state index contributed by atoms with van der Waals surface area (Å²) in [5.41, 5.74) is -6.07. The number of aromatic nitrogens is 6. The van der Waals surface area contributed by atoms with Crippen molar-refractivity contribution in [1.82, 2.24) is 29.5 Å². The average Bonchev–Trinajstić information content (AvgIpc) is 3.15. The molecule has 57 heavy (non-hydrogen) atoms. The fourth-order valence-corrected chi connectivity index (χ4v) is 5.25. The van der Waals surface area contributed by atoms with E-state index in [9.17, 15) is 54.6 Å². The third kappa shape index (κ3) is 9.85. The predicted molar refractivity (Wildman–Crippen MR) is 197 cm³/mol. The lowest BCUT2D eigenvalue weighted by Gasteiger charge is -2.19. The van der Waals surface area contributed by atoms with E-state index >= 15 is 0 Å². The molecule has 0 saturated carbocycles. The third-order valence-electron chi connectivity index (χ3n) is 7.29. The first-order chi connectivity index (χ1) is 26.7. The molecule has 22 heteroatoms. The van der Waals surface area contributed by atoms with E-state index < -0.39 is 103 Å². The number of ether oxygens (including phenoxy) is 1. The van der Waals surface area contributed by atoms with E-state index in [2.05, 4.69) is 40.8 Å². The summed E-state index contributed by atoms with van der Waals surface area (Å²) in [7, 11) is 0. The minimum Gasteiger partial charge on any atom is -0.505 e. The molecule has 6 aromatic rings. The van der Waals surface area contributed by atoms with Crippen molar-refractivity contribution in [3.05, 3.63) is 103 Å². The van der Waals surface area contributed by atoms with E-state index in [4.69, 9.17) is 27.9 Å². The first-order valence-corrected chi connectivity index (χ1v) is 17.6. The van der Waals surface area contributed by atoms with Crippen molar-refractivity contribution in [2.75, 3.05) is 5.33 Å². The molecule has 0 radical (unpaired) electrons. The molecule has 302 valence electrons. The average molecular weight is 912 g/mol. The lowest BCUT2D eigenvalue weighted by atomic mass is 9.97. The number of alkyl halides is 5. The second-order valence-electron chi connectivity index (χ2n) is 12.3. The Bertz CT molecular complexity index is 2590. The molecule has 0 aliphatic heterocycles. The van der Waals surface area contributed by atoms with E-state index in [1.807, 2.05) is 0 Å². The van der Waals surface area contributed by atoms with Crippen LogP contribution >= 0.6 is 39.1 Å². The number of rotatable bonds is 6. The van der Waals surface area contributed by atoms with Gasteiger partial charge in [-0.3, -0.25) is 19.0 Å². The van der Waals surface area contributed by atoms with Crippen LogP contribution in [0.2, 0.25) is 10.0 Å². The zero-order valence-electron chi connectivity index (χ0n) is 29.2. The molecule has 0 aliphatic rings. The number of halogens is 11. The number of fused-ring (bicyclic) bond motifs is 2. The SMILES string of the molecule is CC(C)(C)C(=O)Oc1c(-c2c(F)ccc(F)c2Cl)c(=O)[nH]c2nccnc12.FC(F)CBr.O=c1c(-c2c(F)ccc(F)c2Cl)c(O)c2nccnc2n1CC(F)F. The summed E-state index contributed by atoms with van der Waals surface area (Å²) in [5.74, 6) is -5.91. The van der Waals surface area contributed by atoms with Gasteiger partial charge in [-0.15, -0.1) is 0 Å². The van der Waals surface area contributed by atoms with E-state index in [1.54, 1.807) is 20.8 Å². The second-order valence-corrected chi connectivity index (χ2v) is 13.7. The van der Waals surface area contributed by atoms with Crippen molar-refractivity contribution in [2.45, 2.75) is 40.2 Å². The Kier molecular flexibility index (Phi) is 14.3. The summed E-state index contributed by atoms with van der Waals surface area (Å²) in [6, 6.07) is 3.09. The van der Waals surface area contributed by atoms with Gasteiger partial charge in [-0.05, 0) is 45.0 Å². The smallest absolute Gasteiger partial charge is 0.316 e. The van der Waals surface area contributed by atoms with Crippen LogP contribution < -0.4 is 15.9 Å². The number of pyridine rings is 2. The van der Waals surface area contributed by atoms with Crippen LogP contribution in [0.4, 0.5) is 35.1 Å². The fourth-order valence-electron chi connectivity index (χ4n) is 4.75. The van der Waals surface area contributed by atoms with Gasteiger partial charge in [0, 0.05) is 35.9 Å². The van der Waals surface area contributed by atoms with E-state index in [0.29, 0.717) is 10.6 Å². The van der Waals surface area contributed by atoms with Crippen LogP contribution in [-0.4, -0.2) is 58.7 Å². The minimum absolute atomic E-state index is 0.00410. The quantitative estimate of drug-likeness (QED) is 0.0723. The van der Waals surface area contributed by atoms with Gasteiger partial charge in [-0.1, -0.05) is 39.1 Å². The standard InChI is InChI=1S/C18H14ClF2N3O3.C15H8ClF4N3O2.C2H3BrF2/c1-18(2,3)17(26)27-14-11(10-8(20)4-5-9(21)12(10)19)16(25)24-15-13(14)22-6-7-23-15;16-11-7(18)2-1-6(17)9(11)10-13(24)12-14(22-4-3-21-12)23(15(10)25)5-8(19)20;3-1-2(4)5/h4-7H,1-3H3,(H,23,24,25);1-4,8,24H,5H2;2H,1H2. The number of carbonyl (C=O) groups is 1. The van der Waals surface area contributed by atoms with Crippen molar-refractivity contribution in [3.8, 4) is 33.8 Å². The second kappa shape index (κ2) is 18.4. The number of carbonyl (C=O) groups excluding carboxylic acids is 1. The van der Waals surface area contributed by atoms with Crippen LogP contribution in [-0.2, 0) is 11.3 Å². The summed E-state index contributed by atoms with van der Waals surface area (Å²) in [5, 5.41) is 8.74. The van der Waals surface area contributed by atoms with Crippen LogP contribution in [0.5, 0.6) is 11.5 Å². The Balaban J connectivity index is 0.000000226. The molecule has 0 spiro atoms. The molecule has 0 atom stereocenters. The molecule has 0 saturated heterocycles. The third-order valence-corrected chi connectivity index (χ3v) is 8.51. The summed E-state index contributed by atoms with van der Waals surface area (Å²) in [6.45, 7) is 3.74. The number of H-pyrrole nitrogens is 1. The van der Waals surface area contributed by atoms with Crippen molar-refractivity contribution in [1.29, 1.82) is 0 Å². The zero-order valence-corrected chi connectivity index (χ0v) is 32.3. The number of hydrogen-bond donors (Lipinski definition) is 2. The summed E-state index contributed by atoms with van der Waals surface area (Å²) in [6.07, 6.45) is -0.223. The van der Waals surface area contributed by atoms with Crippen molar-refractivity contribution in [2.24, 2.45) is 5.41 Å². The highest BCUT2D eigenvalue weighted by Crippen LogP contribution is 2.40. The number of benzene rings is 2. The molecule has 11 nitrogen and oxygen atoms in total. The van der Waals surface area contributed by atoms with Crippen LogP contribution in [0.15, 0.2) is 58.6 Å². The molecule has 2 aromatic carbocycles. The highest BCUT2D eigenvalue weighted by atomic mass is 79.9. The normalized spacial score (nSPS) is 11.4. The van der Waals surface area contributed by atoms with Gasteiger partial charge in [0.05, 0.1) is 38.5 Å². The van der Waals surface area contributed by atoms with E-state index in [0.717, 1.165) is 30.6 Å². The largest absolute Gasteiger partial charge is 0.505 e. The van der Waals surface area contributed by atoms with Crippen molar-refractivity contribution >= 4 is 67.4 Å². The van der Waals surface area contributed by atoms with Crippen molar-refractivity contribution < 1.29 is 49.8 Å². The number of nitrogens with zero attached hydrogens (tertiary/aromatic N) is 5. The predicted octanol–water partition coefficient (Wildman–Crippen LogP) is 8.88. The first-order valence-electron chi connectivity index (χ1n) is 15.8. The van der Waals surface area contributed by atoms with Gasteiger partial charge in [-0.2, -0.15) is 0 Å². The maximum Gasteiger partial charge on any atom is 0.316 e. The maximum absolute atomic E-state index is 14.5. The van der Waals surface area contributed by atoms with Gasteiger partial charge in [0.1, 0.15) is 34.3 Å². The van der Waals surface area contributed by atoms with Crippen LogP contribution in [0, 0.1) is 28.7 Å². The molecular weight excluding hydrogens is 887 g/mol. The Morgan fingerprint density at radius 2 is 1.26 bits per heavy atom. The van der Waals surface area contributed by atoms with Crippen molar-refractivity contribution in [3.63, 3.8) is 0 Å². The van der Waals surface area contributed by atoms with Crippen LogP contribution in [0.3, 0.4) is 0 Å². The lowest BCUT2D eigenvalue weighted by molar-refractivity contribution is -0.142. The van der Waals surface area contributed by atoms with Gasteiger partial charge in [0.2, 0.25) is 6.43 Å². The van der Waals surface area contributed by atoms with Crippen LogP contribution in [0.1, 0.15) is 20.8 Å². The molecule has 0 bridgehead atoms. The topological polar surface area (TPSA) is 153 Å². The van der Waals surface area contributed by atoms with E-state index in [-0.39, 0.29) is 33.4 Å². The number of hydrogen-bond acceptors (Lipinski definition) is 9. The summed E-state index contributed by atoms with van der Waals surface area (Å²) in [4.78, 5) is 55.6. The Morgan fingerprint density at radius 1 is 0.789 bits per heavy atom. The molecule has 0 amide bonds. The van der Waals surface area contributed by atoms with E-state index in [1.165, 1.54) is 12.4 Å². The van der Waals surface area contributed by atoms with Gasteiger partial charge in [-0.25, -0.2) is 55.1 Å². The number of aromatic amines is 1. The number of nitrogens with one attached hydrogen (secondary N) is 1. The molecule has 0 unspecified atom stereocenters. The lowest BCUT2D eigenvalue weighted by Crippen LogP contribution is -2.27. The molecule has 0 fully saturated rings. The van der Waals surface area contributed by atoms with Crippen LogP contribution in [0.25, 0.3) is 44.6 Å². The molecular formula is C35H25BrCl2F8N6O5. The first kappa shape index (κ1) is 44.5. The monoisotopic (exact) mass is 910 g/mol. The fraction of sp³-hybridized carbons (Fsp3) is 0.229. The minimum atomic E-state index is -2.94. The molecule has 4 heterocycles. The molecule has 4 aromatic heterocycles. The summed E-state index contributed by atoms with van der Waals surface area (Å²) < 4.78 is 109. The molecule has 0 aliphatic carbocycles. The Labute approximate surface area is 333 Å². The Hall–Kier alpha value is -5.21. The Morgan fingerprint density at radius 3 is 1.77 bits per heavy atom. The number of esters is 1. The number of aromatic hydroxyl groups is 1. The van der Waals surface area contributed by atoms with Gasteiger partial charge < -0.3 is 14.8 Å². The maximum atomic E-state index is 14.5. The van der Waals surface area contributed by atoms with Gasteiger partial charge >= 0.3 is 5.97 Å². The summed E-state index contributed by atoms with van der Waals surface area (Å²) >= 11 is 14.2. The highest BCUT2D eigenvalue weighted by molar-refractivity contribution is 9.09. The van der Waals surface area contributed by atoms with Gasteiger partial charge in [0.15, 0.2) is 22.8 Å². The highest BCUT2D eigenvalue weighted by Gasteiger charge is 2.30. The molecule has 6 rings (SSSR count).